The van der Waals surface area contributed by atoms with Crippen molar-refractivity contribution in [3.8, 4) is 0 Å². The van der Waals surface area contributed by atoms with Gasteiger partial charge in [-0.2, -0.15) is 0 Å². The molecule has 1 saturated heterocycles. The summed E-state index contributed by atoms with van der Waals surface area (Å²) in [7, 11) is 1.73. The zero-order valence-electron chi connectivity index (χ0n) is 15.9. The summed E-state index contributed by atoms with van der Waals surface area (Å²) < 4.78 is 7.46. The minimum Gasteiger partial charge on any atom is -0.385 e. The smallest absolute Gasteiger partial charge is 0.222 e. The Hall–Kier alpha value is -2.14. The molecular weight excluding hydrogens is 326 g/mol. The van der Waals surface area contributed by atoms with Gasteiger partial charge in [0.05, 0.1) is 0 Å². The van der Waals surface area contributed by atoms with Crippen molar-refractivity contribution in [1.29, 1.82) is 0 Å². The van der Waals surface area contributed by atoms with E-state index in [1.54, 1.807) is 7.11 Å². The summed E-state index contributed by atoms with van der Waals surface area (Å²) in [6.07, 6.45) is 5.32. The molecule has 1 aromatic heterocycles. The molecule has 5 nitrogen and oxygen atoms in total. The van der Waals surface area contributed by atoms with Gasteiger partial charge >= 0.3 is 0 Å². The largest absolute Gasteiger partial charge is 0.385 e. The van der Waals surface area contributed by atoms with Crippen LogP contribution < -0.4 is 0 Å². The summed E-state index contributed by atoms with van der Waals surface area (Å²) in [4.78, 5) is 19.2. The van der Waals surface area contributed by atoms with Crippen LogP contribution in [0.2, 0.25) is 0 Å². The topological polar surface area (TPSA) is 47.4 Å². The van der Waals surface area contributed by atoms with E-state index in [9.17, 15) is 4.79 Å². The molecule has 140 valence electrons. The molecule has 1 aromatic carbocycles. The first-order valence-electron chi connectivity index (χ1n) is 9.51. The number of carbonyl (C=O) groups is 1. The Morgan fingerprint density at radius 2 is 2.12 bits per heavy atom. The Morgan fingerprint density at radius 1 is 1.31 bits per heavy atom. The van der Waals surface area contributed by atoms with Crippen molar-refractivity contribution in [3.05, 3.63) is 53.6 Å². The van der Waals surface area contributed by atoms with E-state index in [2.05, 4.69) is 28.6 Å². The highest BCUT2D eigenvalue weighted by Crippen LogP contribution is 2.28. The molecule has 0 saturated carbocycles. The molecule has 5 heteroatoms. The fraction of sp³-hybridized carbons (Fsp3) is 0.524. The van der Waals surface area contributed by atoms with Crippen molar-refractivity contribution in [2.45, 2.75) is 45.1 Å². The SMILES string of the molecule is COCCCn1c(C)cnc1C1CCN(C(=O)CCc2ccccc2)C1. The number of methoxy groups -OCH3 is 1. The highest BCUT2D eigenvalue weighted by atomic mass is 16.5. The number of imidazole rings is 1. The van der Waals surface area contributed by atoms with Crippen LogP contribution >= 0.6 is 0 Å². The first kappa shape index (κ1) is 18.6. The summed E-state index contributed by atoms with van der Waals surface area (Å²) in [6, 6.07) is 10.2. The number of nitrogens with zero attached hydrogens (tertiary/aromatic N) is 3. The maximum Gasteiger partial charge on any atom is 0.222 e. The Kier molecular flexibility index (Phi) is 6.45. The molecule has 1 unspecified atom stereocenters. The van der Waals surface area contributed by atoms with Gasteiger partial charge in [0.25, 0.3) is 0 Å². The third-order valence-electron chi connectivity index (χ3n) is 5.19. The van der Waals surface area contributed by atoms with Crippen molar-refractivity contribution in [2.75, 3.05) is 26.8 Å². The van der Waals surface area contributed by atoms with Gasteiger partial charge in [0.15, 0.2) is 0 Å². The molecule has 26 heavy (non-hydrogen) atoms. The first-order valence-corrected chi connectivity index (χ1v) is 9.51. The molecule has 1 fully saturated rings. The van der Waals surface area contributed by atoms with Gasteiger partial charge in [0, 0.05) is 57.6 Å². The van der Waals surface area contributed by atoms with Gasteiger partial charge in [-0.25, -0.2) is 4.98 Å². The van der Waals surface area contributed by atoms with Crippen molar-refractivity contribution >= 4 is 5.91 Å². The van der Waals surface area contributed by atoms with E-state index in [1.807, 2.05) is 29.3 Å². The van der Waals surface area contributed by atoms with Gasteiger partial charge in [0.2, 0.25) is 5.91 Å². The minimum atomic E-state index is 0.255. The Balaban J connectivity index is 1.56. The standard InChI is InChI=1S/C21H29N3O2/c1-17-15-22-21(24(17)12-6-14-26-2)19-11-13-23(16-19)20(25)10-9-18-7-4-3-5-8-18/h3-5,7-8,15,19H,6,9-14,16H2,1-2H3. The van der Waals surface area contributed by atoms with Crippen LogP contribution in [0.3, 0.4) is 0 Å². The zero-order valence-corrected chi connectivity index (χ0v) is 15.9. The second kappa shape index (κ2) is 8.99. The number of ether oxygens (including phenoxy) is 1. The van der Waals surface area contributed by atoms with Crippen LogP contribution in [0.1, 0.15) is 42.3 Å². The summed E-state index contributed by atoms with van der Waals surface area (Å²) >= 11 is 0. The average molecular weight is 355 g/mol. The summed E-state index contributed by atoms with van der Waals surface area (Å²) in [5.41, 5.74) is 2.41. The third-order valence-corrected chi connectivity index (χ3v) is 5.19. The van der Waals surface area contributed by atoms with Crippen LogP contribution in [0.15, 0.2) is 36.5 Å². The number of hydrogen-bond acceptors (Lipinski definition) is 3. The molecule has 0 radical (unpaired) electrons. The number of likely N-dealkylation sites (tertiary alicyclic amines) is 1. The van der Waals surface area contributed by atoms with E-state index >= 15 is 0 Å². The molecular formula is C21H29N3O2. The molecule has 0 aliphatic carbocycles. The Labute approximate surface area is 156 Å². The molecule has 0 spiro atoms. The molecule has 0 N–H and O–H groups in total. The lowest BCUT2D eigenvalue weighted by atomic mass is 10.1. The number of aryl methyl sites for hydroxylation is 2. The predicted molar refractivity (Wildman–Crippen MR) is 102 cm³/mol. The first-order chi connectivity index (χ1) is 12.7. The molecule has 0 bridgehead atoms. The normalized spacial score (nSPS) is 17.0. The van der Waals surface area contributed by atoms with Crippen LogP contribution in [0, 0.1) is 6.92 Å². The van der Waals surface area contributed by atoms with E-state index in [-0.39, 0.29) is 5.91 Å². The van der Waals surface area contributed by atoms with E-state index < -0.39 is 0 Å². The van der Waals surface area contributed by atoms with Crippen molar-refractivity contribution < 1.29 is 9.53 Å². The number of rotatable bonds is 8. The van der Waals surface area contributed by atoms with Gasteiger partial charge in [-0.05, 0) is 31.7 Å². The van der Waals surface area contributed by atoms with Crippen LogP contribution in [0.25, 0.3) is 0 Å². The number of hydrogen-bond donors (Lipinski definition) is 0. The van der Waals surface area contributed by atoms with Crippen LogP contribution in [-0.4, -0.2) is 47.2 Å². The highest BCUT2D eigenvalue weighted by molar-refractivity contribution is 5.76. The molecule has 3 rings (SSSR count). The lowest BCUT2D eigenvalue weighted by Crippen LogP contribution is -2.29. The van der Waals surface area contributed by atoms with E-state index in [4.69, 9.17) is 4.74 Å². The van der Waals surface area contributed by atoms with Gasteiger partial charge in [-0.1, -0.05) is 30.3 Å². The fourth-order valence-corrected chi connectivity index (χ4v) is 3.71. The molecule has 1 aliphatic rings. The molecule has 2 heterocycles. The molecule has 1 aliphatic heterocycles. The molecule has 1 atom stereocenters. The van der Waals surface area contributed by atoms with E-state index in [0.717, 1.165) is 51.3 Å². The van der Waals surface area contributed by atoms with E-state index in [0.29, 0.717) is 12.3 Å². The lowest BCUT2D eigenvalue weighted by molar-refractivity contribution is -0.130. The highest BCUT2D eigenvalue weighted by Gasteiger charge is 2.30. The number of carbonyl (C=O) groups excluding carboxylic acids is 1. The third kappa shape index (κ3) is 4.52. The number of benzene rings is 1. The second-order valence-corrected chi connectivity index (χ2v) is 7.07. The van der Waals surface area contributed by atoms with Crippen LogP contribution in [0.5, 0.6) is 0 Å². The maximum absolute atomic E-state index is 12.6. The van der Waals surface area contributed by atoms with Crippen molar-refractivity contribution in [3.63, 3.8) is 0 Å². The van der Waals surface area contributed by atoms with Crippen LogP contribution in [0.4, 0.5) is 0 Å². The van der Waals surface area contributed by atoms with Crippen LogP contribution in [-0.2, 0) is 22.5 Å². The van der Waals surface area contributed by atoms with Gasteiger partial charge in [-0.3, -0.25) is 4.79 Å². The number of aromatic nitrogens is 2. The zero-order chi connectivity index (χ0) is 18.4. The van der Waals surface area contributed by atoms with Gasteiger partial charge in [0.1, 0.15) is 5.82 Å². The van der Waals surface area contributed by atoms with Gasteiger partial charge < -0.3 is 14.2 Å². The Morgan fingerprint density at radius 3 is 2.88 bits per heavy atom. The molecule has 2 aromatic rings. The average Bonchev–Trinajstić information content (AvgIpc) is 3.28. The summed E-state index contributed by atoms with van der Waals surface area (Å²) in [5, 5.41) is 0. The van der Waals surface area contributed by atoms with Crippen molar-refractivity contribution in [1.82, 2.24) is 14.5 Å². The predicted octanol–water partition coefficient (Wildman–Crippen LogP) is 3.18. The Bertz CT molecular complexity index is 711. The fourth-order valence-electron chi connectivity index (χ4n) is 3.71. The lowest BCUT2D eigenvalue weighted by Gasteiger charge is -2.18. The minimum absolute atomic E-state index is 0.255. The summed E-state index contributed by atoms with van der Waals surface area (Å²) in [5.74, 6) is 1.72. The molecule has 1 amide bonds. The summed E-state index contributed by atoms with van der Waals surface area (Å²) in [6.45, 7) is 5.40. The number of amides is 1. The quantitative estimate of drug-likeness (QED) is 0.683. The second-order valence-electron chi connectivity index (χ2n) is 7.07. The van der Waals surface area contributed by atoms with Crippen molar-refractivity contribution in [2.24, 2.45) is 0 Å². The maximum atomic E-state index is 12.6. The van der Waals surface area contributed by atoms with Gasteiger partial charge in [-0.15, -0.1) is 0 Å². The monoisotopic (exact) mass is 355 g/mol. The van der Waals surface area contributed by atoms with E-state index in [1.165, 1.54) is 11.3 Å².